The summed E-state index contributed by atoms with van der Waals surface area (Å²) in [6.07, 6.45) is 16.6. The fourth-order valence-corrected chi connectivity index (χ4v) is 12.5. The van der Waals surface area contributed by atoms with E-state index < -0.39 is 16.1 Å². The summed E-state index contributed by atoms with van der Waals surface area (Å²) in [6, 6.07) is 33.0. The zero-order valence-corrected chi connectivity index (χ0v) is 63.2. The summed E-state index contributed by atoms with van der Waals surface area (Å²) in [4.78, 5) is 31.1. The first-order chi connectivity index (χ1) is 54.8. The summed E-state index contributed by atoms with van der Waals surface area (Å²) in [7, 11) is 0. The minimum Gasteiger partial charge on any atom is -0.449 e. The Balaban J connectivity index is 0.000000126. The van der Waals surface area contributed by atoms with Crippen LogP contribution < -0.4 is 0 Å². The van der Waals surface area contributed by atoms with Gasteiger partial charge in [0.15, 0.2) is 38.4 Å². The number of benzene rings is 5. The van der Waals surface area contributed by atoms with Crippen molar-refractivity contribution in [2.45, 2.75) is 104 Å². The van der Waals surface area contributed by atoms with Crippen LogP contribution >= 0.6 is 23.2 Å². The Morgan fingerprint density at radius 1 is 0.460 bits per heavy atom. The molecule has 0 aliphatic carbocycles. The SMILES string of the molecule is Cc1ccc2c(Cc3cc(CN4CCCCC4)cc(C(F)(F)F)c3)noc2c1C#Cc1cncnc1.Cc1ccc2c(Cc3nc(C(C)(Cl)Cl)no3)noc2c1C#Cc1ccccn1.Cc1ccc2c(Cc3ncco3)noc2c1C#Cc1cccnn1.Cc1coc(Cc2noc3c(C#Cc4cccnc4)c(C)ccc23)n1. The van der Waals surface area contributed by atoms with Gasteiger partial charge in [-0.05, 0) is 185 Å². The molecule has 0 N–H and O–H groups in total. The molecule has 1 aliphatic rings. The Kier molecular flexibility index (Phi) is 23.4. The van der Waals surface area contributed by atoms with Crippen LogP contribution in [0.15, 0.2) is 203 Å². The van der Waals surface area contributed by atoms with E-state index in [4.69, 9.17) is 54.7 Å². The van der Waals surface area contributed by atoms with Crippen LogP contribution in [0.1, 0.15) is 162 Å². The topological polar surface area (TPSA) is 276 Å². The third-order valence-corrected chi connectivity index (χ3v) is 18.4. The molecule has 1 aliphatic heterocycles. The van der Waals surface area contributed by atoms with Crippen molar-refractivity contribution in [2.24, 2.45) is 0 Å². The van der Waals surface area contributed by atoms with Gasteiger partial charge in [0.05, 0.1) is 70.2 Å². The Morgan fingerprint density at radius 2 is 0.991 bits per heavy atom. The molecule has 562 valence electrons. The van der Waals surface area contributed by atoms with Crippen molar-refractivity contribution in [1.29, 1.82) is 0 Å². The number of aromatic nitrogens is 14. The molecule has 22 nitrogen and oxygen atoms in total. The van der Waals surface area contributed by atoms with Crippen LogP contribution in [0.4, 0.5) is 13.2 Å². The summed E-state index contributed by atoms with van der Waals surface area (Å²) in [6.45, 7) is 13.7. The summed E-state index contributed by atoms with van der Waals surface area (Å²) in [5.41, 5.74) is 16.6. The predicted molar refractivity (Wildman–Crippen MR) is 414 cm³/mol. The Hall–Kier alpha value is -13.4. The van der Waals surface area contributed by atoms with Crippen LogP contribution in [0.2, 0.25) is 0 Å². The van der Waals surface area contributed by atoms with Crippen LogP contribution in [0.3, 0.4) is 0 Å². The van der Waals surface area contributed by atoms with Gasteiger partial charge in [-0.2, -0.15) is 23.3 Å². The van der Waals surface area contributed by atoms with Crippen LogP contribution in [0.5, 0.6) is 0 Å². The number of alkyl halides is 5. The molecule has 0 atom stereocenters. The second-order valence-corrected chi connectivity index (χ2v) is 28.2. The molecule has 0 bridgehead atoms. The minimum atomic E-state index is -4.42. The standard InChI is InChI=1S/C28H25F3N4O.C20H14Cl2N4O2.C20H15N3O2.C18H12N4O2/c1-19-5-7-25-26(34-36-27(25)24(19)8-6-20-15-32-18-33-16-20)14-21-11-22(13-23(12-21)28(29,30)31)17-35-9-3-2-4-10-35;1-12-6-8-15-16(11-17-24-19(26-27-17)20(2,21)22)25-28-18(15)14(12)9-7-13-5-3-4-10-23-13;1-13-5-7-17-18(10-19-22-14(2)12-24-19)23-25-20(17)16(13)8-6-15-4-3-9-21-11-15;1-12-4-6-15-16(11-17-19-9-10-23-17)22-24-18(15)14(12)7-5-13-3-2-8-20-21-13/h5,7,11-13,15-16,18H,2-4,9-10,14,17H2,1H3;3-6,8,10H,11H2,1-2H3;3-5,7,9,11-12H,10H2,1-2H3;2-4,6,8-10H,11H2,1H3. The van der Waals surface area contributed by atoms with Gasteiger partial charge in [0.1, 0.15) is 47.3 Å². The summed E-state index contributed by atoms with van der Waals surface area (Å²) < 4.78 is 78.2. The maximum Gasteiger partial charge on any atom is 0.416 e. The second kappa shape index (κ2) is 34.6. The maximum absolute atomic E-state index is 13.7. The first-order valence-corrected chi connectivity index (χ1v) is 36.4. The Labute approximate surface area is 655 Å². The molecule has 5 aromatic carbocycles. The Bertz CT molecular complexity index is 6300. The first-order valence-electron chi connectivity index (χ1n) is 35.7. The molecule has 11 aromatic heterocycles. The number of pyridine rings is 2. The average molecular weight is 1550 g/mol. The molecular weight excluding hydrogens is 1480 g/mol. The number of oxazole rings is 2. The van der Waals surface area contributed by atoms with E-state index in [0.717, 1.165) is 109 Å². The summed E-state index contributed by atoms with van der Waals surface area (Å²) in [5.74, 6) is 26.6. The molecular formula is C86H66Cl2F3N15O7. The lowest BCUT2D eigenvalue weighted by atomic mass is 9.98. The van der Waals surface area contributed by atoms with E-state index >= 15 is 0 Å². The van der Waals surface area contributed by atoms with Gasteiger partial charge in [-0.25, -0.2) is 24.9 Å². The van der Waals surface area contributed by atoms with Gasteiger partial charge < -0.3 is 31.4 Å². The monoisotopic (exact) mass is 1550 g/mol. The number of nitrogens with zero attached hydrogens (tertiary/aromatic N) is 15. The van der Waals surface area contributed by atoms with Gasteiger partial charge >= 0.3 is 6.18 Å². The van der Waals surface area contributed by atoms with Crippen molar-refractivity contribution in [1.82, 2.24) is 75.8 Å². The average Bonchev–Trinajstić information content (AvgIpc) is 1.66. The molecule has 1 saturated heterocycles. The molecule has 0 spiro atoms. The smallest absolute Gasteiger partial charge is 0.416 e. The maximum atomic E-state index is 13.7. The molecule has 12 heterocycles. The van der Waals surface area contributed by atoms with E-state index in [1.165, 1.54) is 24.9 Å². The molecule has 0 radical (unpaired) electrons. The van der Waals surface area contributed by atoms with E-state index in [9.17, 15) is 13.2 Å². The quantitative estimate of drug-likeness (QED) is 0.0859. The van der Waals surface area contributed by atoms with Crippen LogP contribution in [-0.4, -0.2) is 88.9 Å². The van der Waals surface area contributed by atoms with E-state index in [-0.39, 0.29) is 12.2 Å². The fourth-order valence-electron chi connectivity index (χ4n) is 12.3. The first kappa shape index (κ1) is 76.3. The number of hydrogen-bond acceptors (Lipinski definition) is 22. The zero-order valence-electron chi connectivity index (χ0n) is 61.7. The van der Waals surface area contributed by atoms with Gasteiger partial charge in [-0.1, -0.05) is 127 Å². The zero-order chi connectivity index (χ0) is 78.4. The molecule has 1 fully saturated rings. The van der Waals surface area contributed by atoms with Crippen LogP contribution in [-0.2, 0) is 42.7 Å². The van der Waals surface area contributed by atoms with E-state index in [1.807, 2.05) is 126 Å². The fraction of sp³-hybridized carbons (Fsp3) is 0.209. The number of hydrogen-bond donors (Lipinski definition) is 0. The number of likely N-dealkylation sites (tertiary alicyclic amines) is 1. The summed E-state index contributed by atoms with van der Waals surface area (Å²) in [5, 5.41) is 31.7. The van der Waals surface area contributed by atoms with Gasteiger partial charge in [0.25, 0.3) is 0 Å². The summed E-state index contributed by atoms with van der Waals surface area (Å²) >= 11 is 12.0. The molecule has 27 heteroatoms. The van der Waals surface area contributed by atoms with Gasteiger partial charge in [0, 0.05) is 77.3 Å². The molecule has 16 aromatic rings. The molecule has 0 unspecified atom stereocenters. The van der Waals surface area contributed by atoms with Crippen molar-refractivity contribution >= 4 is 67.1 Å². The lowest BCUT2D eigenvalue weighted by molar-refractivity contribution is -0.137. The van der Waals surface area contributed by atoms with Crippen LogP contribution in [0, 0.1) is 82.0 Å². The van der Waals surface area contributed by atoms with E-state index in [2.05, 4.69) is 123 Å². The van der Waals surface area contributed by atoms with E-state index in [1.54, 1.807) is 68.9 Å². The van der Waals surface area contributed by atoms with Crippen LogP contribution in [0.25, 0.3) is 43.9 Å². The highest BCUT2D eigenvalue weighted by Gasteiger charge is 2.32. The molecule has 0 amide bonds. The number of rotatable bonds is 11. The number of fused-ring (bicyclic) bond motifs is 4. The third-order valence-electron chi connectivity index (χ3n) is 18.0. The molecule has 113 heavy (non-hydrogen) atoms. The minimum absolute atomic E-state index is 0.205. The second-order valence-electron chi connectivity index (χ2n) is 26.5. The number of aryl methyl sites for hydroxylation is 5. The van der Waals surface area contributed by atoms with Gasteiger partial charge in [0.2, 0.25) is 11.7 Å². The highest BCUT2D eigenvalue weighted by Crippen LogP contribution is 2.36. The van der Waals surface area contributed by atoms with Crippen molar-refractivity contribution in [3.05, 3.63) is 307 Å². The number of piperidine rings is 1. The largest absolute Gasteiger partial charge is 0.449 e. The highest BCUT2D eigenvalue weighted by molar-refractivity contribution is 6.47. The lowest BCUT2D eigenvalue weighted by Gasteiger charge is -2.27. The lowest BCUT2D eigenvalue weighted by Crippen LogP contribution is -2.29. The predicted octanol–water partition coefficient (Wildman–Crippen LogP) is 17.2. The van der Waals surface area contributed by atoms with Gasteiger partial charge in [-0.3, -0.25) is 9.88 Å². The van der Waals surface area contributed by atoms with Crippen molar-refractivity contribution < 1.29 is 44.6 Å². The third kappa shape index (κ3) is 19.1. The molecule has 17 rings (SSSR count). The van der Waals surface area contributed by atoms with E-state index in [0.29, 0.717) is 111 Å². The Morgan fingerprint density at radius 3 is 1.50 bits per heavy atom. The highest BCUT2D eigenvalue weighted by atomic mass is 35.5. The molecule has 0 saturated carbocycles. The van der Waals surface area contributed by atoms with Crippen molar-refractivity contribution in [2.75, 3.05) is 13.1 Å². The number of halogens is 5. The van der Waals surface area contributed by atoms with Crippen molar-refractivity contribution in [3.8, 4) is 47.4 Å². The normalized spacial score (nSPS) is 12.1. The van der Waals surface area contributed by atoms with Gasteiger partial charge in [-0.15, -0.1) is 5.10 Å². The van der Waals surface area contributed by atoms with Crippen molar-refractivity contribution in [3.63, 3.8) is 0 Å².